The van der Waals surface area contributed by atoms with Crippen molar-refractivity contribution in [3.8, 4) is 44.5 Å². The van der Waals surface area contributed by atoms with Gasteiger partial charge in [-0.3, -0.25) is 0 Å². The Kier molecular flexibility index (Phi) is 8.88. The van der Waals surface area contributed by atoms with Crippen molar-refractivity contribution in [1.82, 2.24) is 0 Å². The Morgan fingerprint density at radius 3 is 1.60 bits per heavy atom. The third kappa shape index (κ3) is 5.80. The first-order valence-electron chi connectivity index (χ1n) is 24.5. The molecule has 0 aromatic heterocycles. The molecule has 1 spiro atoms. The number of hydrogen-bond donors (Lipinski definition) is 0. The average Bonchev–Trinajstić information content (AvgIpc) is 3.84. The summed E-state index contributed by atoms with van der Waals surface area (Å²) in [4.78, 5) is 4.98. The molecule has 14 rings (SSSR count). The molecule has 0 unspecified atom stereocenters. The predicted octanol–water partition coefficient (Wildman–Crippen LogP) is 18.1. The van der Waals surface area contributed by atoms with Crippen molar-refractivity contribution in [2.24, 2.45) is 0 Å². The molecule has 1 aliphatic heterocycles. The molecule has 0 bridgehead atoms. The van der Waals surface area contributed by atoms with Gasteiger partial charge in [-0.15, -0.1) is 0 Å². The second kappa shape index (κ2) is 15.4. The second-order valence-corrected chi connectivity index (χ2v) is 19.6. The summed E-state index contributed by atoms with van der Waals surface area (Å²) in [6.45, 7) is 4.81. The van der Waals surface area contributed by atoms with Crippen molar-refractivity contribution in [3.63, 3.8) is 0 Å². The van der Waals surface area contributed by atoms with Crippen molar-refractivity contribution in [2.45, 2.75) is 24.7 Å². The number of para-hydroxylation sites is 3. The van der Waals surface area contributed by atoms with Crippen LogP contribution < -0.4 is 9.80 Å². The standard InChI is InChI=1S/C68H48N2/c1-67(2)61-43-50(49-33-32-46-20-9-10-21-48(46)42-49)36-40-54(61)55-41-39-53(44-62(55)67)69(52-37-34-47(35-38-52)45-18-5-3-6-19-45)65-31-17-28-60-66(65)56-24-11-12-25-57(56)68(60)58-26-13-15-29-63(58)70(51-22-7-4-8-23-51)64-30-16-14-27-59(64)68/h3-44H,1-2H3. The lowest BCUT2D eigenvalue weighted by molar-refractivity contribution is 0.660. The van der Waals surface area contributed by atoms with Crippen LogP contribution in [0.15, 0.2) is 255 Å². The van der Waals surface area contributed by atoms with E-state index in [-0.39, 0.29) is 5.41 Å². The molecule has 70 heavy (non-hydrogen) atoms. The van der Waals surface area contributed by atoms with Crippen LogP contribution in [0.1, 0.15) is 47.2 Å². The van der Waals surface area contributed by atoms with Gasteiger partial charge in [0.2, 0.25) is 0 Å². The van der Waals surface area contributed by atoms with Crippen LogP contribution in [0.2, 0.25) is 0 Å². The van der Waals surface area contributed by atoms with Crippen LogP contribution in [0.3, 0.4) is 0 Å². The van der Waals surface area contributed by atoms with Gasteiger partial charge in [-0.05, 0) is 150 Å². The zero-order valence-electron chi connectivity index (χ0n) is 39.1. The second-order valence-electron chi connectivity index (χ2n) is 19.6. The fourth-order valence-corrected chi connectivity index (χ4v) is 12.5. The minimum atomic E-state index is -0.576. The normalized spacial score (nSPS) is 14.1. The molecule has 11 aromatic rings. The fourth-order valence-electron chi connectivity index (χ4n) is 12.5. The third-order valence-electron chi connectivity index (χ3n) is 15.6. The monoisotopic (exact) mass is 892 g/mol. The van der Waals surface area contributed by atoms with Gasteiger partial charge < -0.3 is 9.80 Å². The SMILES string of the molecule is CC1(C)c2cc(-c3ccc4ccccc4c3)ccc2-c2ccc(N(c3ccc(-c4ccccc4)cc3)c3cccc4c3-c3ccccc3C43c4ccccc4N(c4ccccc4)c4ccccc43)cc21. The highest BCUT2D eigenvalue weighted by atomic mass is 15.2. The van der Waals surface area contributed by atoms with Gasteiger partial charge in [-0.1, -0.05) is 202 Å². The molecule has 2 nitrogen and oxygen atoms in total. The highest BCUT2D eigenvalue weighted by Crippen LogP contribution is 2.65. The summed E-state index contributed by atoms with van der Waals surface area (Å²) in [6, 6.07) is 94.9. The summed E-state index contributed by atoms with van der Waals surface area (Å²) in [5.41, 5.74) is 24.0. The Hall–Kier alpha value is -8.72. The third-order valence-corrected chi connectivity index (χ3v) is 15.6. The summed E-state index contributed by atoms with van der Waals surface area (Å²) in [6.07, 6.45) is 0. The quantitative estimate of drug-likeness (QED) is 0.164. The summed E-state index contributed by atoms with van der Waals surface area (Å²) in [7, 11) is 0. The van der Waals surface area contributed by atoms with Crippen LogP contribution in [-0.4, -0.2) is 0 Å². The van der Waals surface area contributed by atoms with Gasteiger partial charge in [0.1, 0.15) is 0 Å². The maximum atomic E-state index is 2.53. The van der Waals surface area contributed by atoms with Crippen LogP contribution in [0, 0.1) is 0 Å². The first-order valence-corrected chi connectivity index (χ1v) is 24.5. The average molecular weight is 893 g/mol. The smallest absolute Gasteiger partial charge is 0.0755 e. The topological polar surface area (TPSA) is 6.48 Å². The van der Waals surface area contributed by atoms with Crippen molar-refractivity contribution in [3.05, 3.63) is 288 Å². The Morgan fingerprint density at radius 2 is 0.857 bits per heavy atom. The maximum absolute atomic E-state index is 2.53. The molecule has 2 aliphatic carbocycles. The van der Waals surface area contributed by atoms with Crippen molar-refractivity contribution in [2.75, 3.05) is 9.80 Å². The Labute approximate surface area is 410 Å². The number of rotatable bonds is 6. The molecular formula is C68H48N2. The molecule has 1 heterocycles. The Morgan fingerprint density at radius 1 is 0.329 bits per heavy atom. The van der Waals surface area contributed by atoms with E-state index >= 15 is 0 Å². The van der Waals surface area contributed by atoms with Gasteiger partial charge in [0.15, 0.2) is 0 Å². The predicted molar refractivity (Wildman–Crippen MR) is 293 cm³/mol. The minimum absolute atomic E-state index is 0.244. The highest BCUT2D eigenvalue weighted by molar-refractivity contribution is 6.02. The largest absolute Gasteiger partial charge is 0.310 e. The van der Waals surface area contributed by atoms with E-state index in [0.717, 1.165) is 22.7 Å². The number of fused-ring (bicyclic) bond motifs is 13. The molecule has 0 N–H and O–H groups in total. The van der Waals surface area contributed by atoms with Crippen LogP contribution in [0.5, 0.6) is 0 Å². The number of anilines is 6. The van der Waals surface area contributed by atoms with E-state index in [9.17, 15) is 0 Å². The Balaban J connectivity index is 0.975. The molecule has 0 saturated carbocycles. The molecule has 0 atom stereocenters. The van der Waals surface area contributed by atoms with Gasteiger partial charge in [0.05, 0.1) is 22.5 Å². The molecule has 0 radical (unpaired) electrons. The van der Waals surface area contributed by atoms with Crippen LogP contribution in [-0.2, 0) is 10.8 Å². The zero-order chi connectivity index (χ0) is 46.6. The first-order chi connectivity index (χ1) is 34.5. The van der Waals surface area contributed by atoms with Gasteiger partial charge in [0.25, 0.3) is 0 Å². The van der Waals surface area contributed by atoms with E-state index in [2.05, 4.69) is 278 Å². The van der Waals surface area contributed by atoms with Gasteiger partial charge in [-0.25, -0.2) is 0 Å². The molecule has 0 saturated heterocycles. The van der Waals surface area contributed by atoms with Gasteiger partial charge >= 0.3 is 0 Å². The van der Waals surface area contributed by atoms with Crippen molar-refractivity contribution in [1.29, 1.82) is 0 Å². The summed E-state index contributed by atoms with van der Waals surface area (Å²) < 4.78 is 0. The first kappa shape index (κ1) is 40.4. The maximum Gasteiger partial charge on any atom is 0.0755 e. The number of nitrogens with zero attached hydrogens (tertiary/aromatic N) is 2. The molecule has 11 aromatic carbocycles. The van der Waals surface area contributed by atoms with E-state index in [1.165, 1.54) is 100 Å². The lowest BCUT2D eigenvalue weighted by Crippen LogP contribution is -2.36. The van der Waals surface area contributed by atoms with E-state index < -0.39 is 5.41 Å². The number of benzene rings is 11. The minimum Gasteiger partial charge on any atom is -0.310 e. The van der Waals surface area contributed by atoms with Crippen LogP contribution in [0.25, 0.3) is 55.3 Å². The molecule has 0 fully saturated rings. The van der Waals surface area contributed by atoms with Gasteiger partial charge in [0, 0.05) is 28.0 Å². The lowest BCUT2D eigenvalue weighted by Gasteiger charge is -2.45. The van der Waals surface area contributed by atoms with E-state index in [1.54, 1.807) is 0 Å². The zero-order valence-corrected chi connectivity index (χ0v) is 39.1. The van der Waals surface area contributed by atoms with Crippen molar-refractivity contribution >= 4 is 44.9 Å². The summed E-state index contributed by atoms with van der Waals surface area (Å²) in [5.74, 6) is 0. The van der Waals surface area contributed by atoms with E-state index in [4.69, 9.17) is 0 Å². The molecule has 2 heteroatoms. The van der Waals surface area contributed by atoms with Gasteiger partial charge in [-0.2, -0.15) is 0 Å². The summed E-state index contributed by atoms with van der Waals surface area (Å²) >= 11 is 0. The molecular weight excluding hydrogens is 845 g/mol. The van der Waals surface area contributed by atoms with E-state index in [0.29, 0.717) is 0 Å². The van der Waals surface area contributed by atoms with Crippen LogP contribution >= 0.6 is 0 Å². The summed E-state index contributed by atoms with van der Waals surface area (Å²) in [5, 5.41) is 2.52. The molecule has 0 amide bonds. The highest BCUT2D eigenvalue weighted by Gasteiger charge is 2.52. The van der Waals surface area contributed by atoms with Crippen molar-refractivity contribution < 1.29 is 0 Å². The fraction of sp³-hybridized carbons (Fsp3) is 0.0588. The number of hydrogen-bond acceptors (Lipinski definition) is 2. The molecule has 330 valence electrons. The molecule has 3 aliphatic rings. The lowest BCUT2D eigenvalue weighted by atomic mass is 9.64. The van der Waals surface area contributed by atoms with E-state index in [1.807, 2.05) is 0 Å². The Bertz CT molecular complexity index is 3820. The van der Waals surface area contributed by atoms with Crippen LogP contribution in [0.4, 0.5) is 34.1 Å².